The molecule has 0 aliphatic carbocycles. The molecule has 0 heterocycles. The predicted molar refractivity (Wildman–Crippen MR) is 670 cm³/mol. The van der Waals surface area contributed by atoms with Gasteiger partial charge in [0.1, 0.15) is 28.7 Å². The van der Waals surface area contributed by atoms with Crippen LogP contribution in [0.3, 0.4) is 0 Å². The summed E-state index contributed by atoms with van der Waals surface area (Å²) in [6, 6.07) is 169. The van der Waals surface area contributed by atoms with Crippen LogP contribution in [-0.4, -0.2) is 25.5 Å². The topological polar surface area (TPSA) is 101 Å². The monoisotopic (exact) mass is 2130 g/mol. The van der Waals surface area contributed by atoms with Gasteiger partial charge in [-0.05, 0) is 301 Å². The molecule has 5 atom stereocenters. The largest absolute Gasteiger partial charge is 0.507 e. The van der Waals surface area contributed by atoms with Gasteiger partial charge in [0.05, 0.1) is 0 Å². The van der Waals surface area contributed by atoms with E-state index in [9.17, 15) is 25.5 Å². The first-order valence-electron chi connectivity index (χ1n) is 50.2. The smallest absolute Gasteiger partial charge is 0.127 e. The maximum absolute atomic E-state index is 11.3. The Morgan fingerprint density at radius 2 is 0.383 bits per heavy atom. The van der Waals surface area contributed by atoms with Gasteiger partial charge in [0.25, 0.3) is 0 Å². The van der Waals surface area contributed by atoms with Gasteiger partial charge in [0, 0.05) is 32.1 Å². The van der Waals surface area contributed by atoms with Gasteiger partial charge in [0.15, 0.2) is 0 Å². The minimum atomic E-state index is -0.701. The molecule has 0 saturated carbocycles. The van der Waals surface area contributed by atoms with Crippen LogP contribution < -0.4 is 133 Å². The number of aryl methyl sites for hydroxylation is 10. The molecule has 0 radical (unpaired) electrons. The van der Waals surface area contributed by atoms with Gasteiger partial charge in [-0.1, -0.05) is 518 Å². The Morgan fingerprint density at radius 1 is 0.168 bits per heavy atom. The summed E-state index contributed by atoms with van der Waals surface area (Å²) in [5.41, 5.74) is 12.7. The summed E-state index contributed by atoms with van der Waals surface area (Å²) in [5.74, 6) is 2.05. The van der Waals surface area contributed by atoms with E-state index >= 15 is 0 Å². The van der Waals surface area contributed by atoms with Gasteiger partial charge in [-0.3, -0.25) is 0 Å². The van der Waals surface area contributed by atoms with Crippen molar-refractivity contribution in [3.8, 4) is 28.7 Å². The van der Waals surface area contributed by atoms with Crippen LogP contribution in [0.15, 0.2) is 479 Å². The highest BCUT2D eigenvalue weighted by molar-refractivity contribution is 7.83. The molecule has 0 amide bonds. The van der Waals surface area contributed by atoms with Gasteiger partial charge < -0.3 is 25.5 Å². The Morgan fingerprint density at radius 3 is 0.671 bits per heavy atom. The quantitative estimate of drug-likeness (QED) is 0.0367. The van der Waals surface area contributed by atoms with E-state index in [0.29, 0.717) is 71.7 Å². The fourth-order valence-corrected chi connectivity index (χ4v) is 39.2. The maximum Gasteiger partial charge on any atom is 0.127 e. The first-order chi connectivity index (χ1) is 72.3. The molecule has 5 unspecified atom stereocenters. The van der Waals surface area contributed by atoms with Crippen molar-refractivity contribution in [2.75, 3.05) is 0 Å². The minimum absolute atomic E-state index is 0.107. The van der Waals surface area contributed by atoms with Crippen LogP contribution in [0.5, 0.6) is 28.7 Å². The molecule has 0 fully saturated rings. The van der Waals surface area contributed by atoms with Crippen LogP contribution in [-0.2, 0) is 5.41 Å². The highest BCUT2D eigenvalue weighted by Crippen LogP contribution is 2.43. The van der Waals surface area contributed by atoms with Crippen molar-refractivity contribution in [2.24, 2.45) is 0 Å². The average molecular weight is 2130 g/mol. The second-order valence-corrected chi connectivity index (χ2v) is 55.3. The van der Waals surface area contributed by atoms with Crippen LogP contribution in [0.2, 0.25) is 0 Å². The van der Waals surface area contributed by atoms with Crippen LogP contribution >= 0.6 is 82.5 Å². The Bertz CT molecular complexity index is 7500. The van der Waals surface area contributed by atoms with E-state index in [4.69, 9.17) is 0 Å². The highest BCUT2D eigenvalue weighted by atomic mass is 31.1. The van der Waals surface area contributed by atoms with E-state index < -0.39 is 39.6 Å². The van der Waals surface area contributed by atoms with Crippen LogP contribution in [0.4, 0.5) is 0 Å². The summed E-state index contributed by atoms with van der Waals surface area (Å²) in [4.78, 5) is 0. The van der Waals surface area contributed by atoms with E-state index in [1.807, 2.05) is 68.4 Å². The van der Waals surface area contributed by atoms with Crippen LogP contribution in [0.1, 0.15) is 82.0 Å². The maximum atomic E-state index is 11.3. The third-order valence-corrected chi connectivity index (χ3v) is 47.1. The van der Waals surface area contributed by atoms with E-state index in [1.54, 1.807) is 6.07 Å². The van der Waals surface area contributed by atoms with Gasteiger partial charge in [-0.25, -0.2) is 0 Å². The van der Waals surface area contributed by atoms with Crippen molar-refractivity contribution in [2.45, 2.75) is 95.4 Å². The molecule has 0 aliphatic rings. The fraction of sp³-hybridized carbons (Fsp3) is 0.104. The lowest BCUT2D eigenvalue weighted by Gasteiger charge is -2.25. The normalized spacial score (nSPS) is 11.6. The predicted octanol–water partition coefficient (Wildman–Crippen LogP) is 23.3. The molecule has 0 aromatic heterocycles. The number of aromatic hydroxyl groups is 5. The molecular formula is C134H128O5P10. The number of rotatable bonds is 25. The zero-order valence-corrected chi connectivity index (χ0v) is 96.1. The van der Waals surface area contributed by atoms with Gasteiger partial charge in [0.2, 0.25) is 0 Å². The first-order valence-corrected chi connectivity index (χ1v) is 61.9. The summed E-state index contributed by atoms with van der Waals surface area (Å²) in [6.45, 7) is 27.7. The Labute approximate surface area is 898 Å². The lowest BCUT2D eigenvalue weighted by molar-refractivity contribution is 0.450. The van der Waals surface area contributed by atoms with E-state index in [0.717, 1.165) is 43.2 Å². The summed E-state index contributed by atoms with van der Waals surface area (Å²) >= 11 is 0. The second-order valence-electron chi connectivity index (χ2n) is 37.9. The Hall–Kier alpha value is -12.3. The molecule has 0 bridgehead atoms. The molecule has 20 aromatic rings. The first kappa shape index (κ1) is 109. The number of para-hydroxylation sites is 2. The molecule has 0 saturated heterocycles. The molecule has 5 nitrogen and oxygen atoms in total. The molecule has 0 spiro atoms. The SMILES string of the molecule is Cc1cc(C)c(O)c(Pc2c(C)cccc2P(c2ccccc2)c2ccccc2)c1.Cc1cc(Pc2c(C)cccc2P(c2ccccc2)c2ccccc2)c(O)c(C(C)(C)C)c1.Cc1ccc(O)c(Pc2c(C)cccc2P(c2ccccc2)c2ccccc2)c1.Cc1cccc(P(c2ccccc2)c2ccccc2)c1Pc1ccccc1O.Cc1cccc(Pc2c(C)cccc2P(c2ccccc2)c2ccccc2)c1O. The van der Waals surface area contributed by atoms with Crippen molar-refractivity contribution in [1.29, 1.82) is 0 Å². The number of hydrogen-bond donors (Lipinski definition) is 5. The minimum Gasteiger partial charge on any atom is -0.507 e. The van der Waals surface area contributed by atoms with Crippen LogP contribution in [0.25, 0.3) is 0 Å². The fourth-order valence-electron chi connectivity index (χ4n) is 18.2. The summed E-state index contributed by atoms with van der Waals surface area (Å²) in [7, 11) is -1.32. The summed E-state index contributed by atoms with van der Waals surface area (Å²) in [5, 5.41) is 85.6. The molecule has 149 heavy (non-hydrogen) atoms. The van der Waals surface area contributed by atoms with Crippen LogP contribution in [0, 0.1) is 69.2 Å². The van der Waals surface area contributed by atoms with Crippen molar-refractivity contribution in [1.82, 2.24) is 0 Å². The van der Waals surface area contributed by atoms with Gasteiger partial charge in [-0.15, -0.1) is 0 Å². The second kappa shape index (κ2) is 52.9. The standard InChI is InChI=1S/C30H32OP2.C27H26OP2.2C26H24OP2.C25H22OP2/c1-21-19-25(30(3,4)5)28(31)26(20-21)32-29-22(2)13-12-18-27(29)33(23-14-8-6-9-15-23)24-16-10-7-11-17-24;1-19-17-21(3)26(28)24(18-19)29-27-20(2)11-10-16-25(27)30(22-12-6-4-7-13-22)23-14-8-5-9-15-23;1-19-11-9-17-23(25(19)27)28-26-20(2)12-10-18-24(26)29(21-13-5-3-6-14-21)22-15-7-4-8-16-22;1-19-16-17-23(27)24(18-19)28-26-20(2)10-9-15-25(26)29(21-11-5-3-6-12-21)22-13-7-4-8-14-22;1-19-11-10-18-24(25(19)27-23-17-9-8-16-22(23)26)28(20-12-4-2-5-13-20)21-14-6-3-7-15-21/h6-20,31-32H,1-5H3;4-18,28-29H,1-3H3;2*3-18,27-28H,1-2H3;2-18,26-27H,1H3. The lowest BCUT2D eigenvalue weighted by Crippen LogP contribution is -2.31. The Kier molecular flexibility index (Phi) is 38.8. The molecule has 0 aliphatic heterocycles. The zero-order chi connectivity index (χ0) is 104. The molecule has 20 aromatic carbocycles. The average Bonchev–Trinajstić information content (AvgIpc) is 0.785. The van der Waals surface area contributed by atoms with Crippen molar-refractivity contribution in [3.63, 3.8) is 0 Å². The van der Waals surface area contributed by atoms with Crippen molar-refractivity contribution >= 4 is 215 Å². The number of phenolic OH excluding ortho intramolecular Hbond substituents is 5. The third-order valence-electron chi connectivity index (χ3n) is 25.7. The number of phenols is 5. The van der Waals surface area contributed by atoms with Gasteiger partial charge in [-0.2, -0.15) is 0 Å². The zero-order valence-electron chi connectivity index (χ0n) is 86.6. The van der Waals surface area contributed by atoms with E-state index in [1.165, 1.54) is 151 Å². The molecular weight excluding hydrogens is 2000 g/mol. The highest BCUT2D eigenvalue weighted by Gasteiger charge is 2.30. The van der Waals surface area contributed by atoms with Crippen molar-refractivity contribution < 1.29 is 25.5 Å². The van der Waals surface area contributed by atoms with Crippen molar-refractivity contribution in [3.05, 3.63) is 540 Å². The van der Waals surface area contributed by atoms with Gasteiger partial charge >= 0.3 is 0 Å². The van der Waals surface area contributed by atoms with E-state index in [2.05, 4.69) is 495 Å². The molecule has 15 heteroatoms. The molecule has 20 rings (SSSR count). The van der Waals surface area contributed by atoms with E-state index in [-0.39, 0.29) is 5.41 Å². The molecule has 744 valence electrons. The lowest BCUT2D eigenvalue weighted by atomic mass is 9.85. The molecule has 5 N–H and O–H groups in total. The summed E-state index contributed by atoms with van der Waals surface area (Å²) in [6.07, 6.45) is 0. The third kappa shape index (κ3) is 28.1. The Balaban J connectivity index is 0.000000133. The summed E-state index contributed by atoms with van der Waals surface area (Å²) < 4.78 is 0. The number of hydrogen-bond acceptors (Lipinski definition) is 5. The number of benzene rings is 20.